The van der Waals surface area contributed by atoms with E-state index >= 15 is 0 Å². The van der Waals surface area contributed by atoms with E-state index in [9.17, 15) is 14.4 Å². The lowest BCUT2D eigenvalue weighted by molar-refractivity contribution is -0.143. The van der Waals surface area contributed by atoms with Gasteiger partial charge in [-0.3, -0.25) is 24.4 Å². The second-order valence-corrected chi connectivity index (χ2v) is 20.0. The molecule has 3 aromatic rings. The summed E-state index contributed by atoms with van der Waals surface area (Å²) in [6.45, 7) is 22.0. The predicted molar refractivity (Wildman–Crippen MR) is 255 cm³/mol. The van der Waals surface area contributed by atoms with Crippen LogP contribution in [0.15, 0.2) is 35.9 Å². The van der Waals surface area contributed by atoms with Crippen molar-refractivity contribution in [3.05, 3.63) is 80.9 Å². The number of aryl methyl sites for hydroxylation is 1. The van der Waals surface area contributed by atoms with Gasteiger partial charge >= 0.3 is 11.9 Å². The van der Waals surface area contributed by atoms with Gasteiger partial charge in [0.1, 0.15) is 6.61 Å². The smallest absolute Gasteiger partial charge is 0.313 e. The van der Waals surface area contributed by atoms with Gasteiger partial charge in [0.2, 0.25) is 0 Å². The van der Waals surface area contributed by atoms with Crippen LogP contribution in [0.25, 0.3) is 22.1 Å². The Labute approximate surface area is 377 Å². The molecule has 0 fully saturated rings. The lowest BCUT2D eigenvalue weighted by Gasteiger charge is -2.19. The van der Waals surface area contributed by atoms with Crippen molar-refractivity contribution in [1.29, 1.82) is 0 Å². The second-order valence-electron chi connectivity index (χ2n) is 20.0. The minimum atomic E-state index is -0.530. The molecule has 7 atom stereocenters. The normalized spacial score (nSPS) is 20.6. The van der Waals surface area contributed by atoms with Crippen LogP contribution in [-0.2, 0) is 25.5 Å². The molecule has 0 spiro atoms. The van der Waals surface area contributed by atoms with Gasteiger partial charge in [-0.25, -0.2) is 0 Å². The molecule has 8 bridgehead atoms. The molecule has 0 amide bonds. The van der Waals surface area contributed by atoms with Gasteiger partial charge in [-0.1, -0.05) is 99.0 Å². The molecule has 2 aliphatic heterocycles. The van der Waals surface area contributed by atoms with Crippen molar-refractivity contribution >= 4 is 39.8 Å². The number of aromatic amines is 2. The highest BCUT2D eigenvalue weighted by Gasteiger charge is 2.40. The molecule has 2 unspecified atom stereocenters. The predicted octanol–water partition coefficient (Wildman–Crippen LogP) is 13.5. The number of ketones is 1. The van der Waals surface area contributed by atoms with Crippen molar-refractivity contribution in [3.63, 3.8) is 0 Å². The summed E-state index contributed by atoms with van der Waals surface area (Å²) in [5, 5.41) is 0. The number of nitrogens with zero attached hydrogens (tertiary/aromatic N) is 2. The highest BCUT2D eigenvalue weighted by atomic mass is 16.5. The van der Waals surface area contributed by atoms with Gasteiger partial charge in [0.25, 0.3) is 0 Å². The minimum absolute atomic E-state index is 0.0153. The Morgan fingerprint density at radius 3 is 2.13 bits per heavy atom. The molecule has 9 heteroatoms. The van der Waals surface area contributed by atoms with E-state index in [-0.39, 0.29) is 54.4 Å². The number of fused-ring (bicyclic) bond motifs is 8. The minimum Gasteiger partial charge on any atom is -0.469 e. The Hall–Kier alpha value is -4.53. The Morgan fingerprint density at radius 1 is 0.810 bits per heavy atom. The number of allylic oxidation sites excluding steroid dienone is 1. The maximum Gasteiger partial charge on any atom is 0.313 e. The summed E-state index contributed by atoms with van der Waals surface area (Å²) >= 11 is 0. The number of nitrogens with one attached hydrogen (secondary N) is 2. The van der Waals surface area contributed by atoms with Crippen molar-refractivity contribution in [1.82, 2.24) is 19.9 Å². The number of carbonyl (C=O) groups is 3. The average molecular weight is 861 g/mol. The van der Waals surface area contributed by atoms with Crippen LogP contribution >= 0.6 is 0 Å². The number of aromatic nitrogens is 4. The summed E-state index contributed by atoms with van der Waals surface area (Å²) in [6, 6.07) is 8.35. The number of methoxy groups -OCH3 is 1. The van der Waals surface area contributed by atoms with Crippen LogP contribution in [0.5, 0.6) is 0 Å². The topological polar surface area (TPSA) is 127 Å². The van der Waals surface area contributed by atoms with E-state index < -0.39 is 5.92 Å². The Morgan fingerprint density at radius 2 is 1.46 bits per heavy atom. The summed E-state index contributed by atoms with van der Waals surface area (Å²) in [5.41, 5.74) is 11.6. The number of esters is 2. The number of hydrogen-bond acceptors (Lipinski definition) is 7. The average Bonchev–Trinajstić information content (AvgIpc) is 4.01. The van der Waals surface area contributed by atoms with Crippen LogP contribution in [0.3, 0.4) is 0 Å². The van der Waals surface area contributed by atoms with Gasteiger partial charge < -0.3 is 19.4 Å². The van der Waals surface area contributed by atoms with E-state index in [2.05, 4.69) is 83.6 Å². The molecule has 1 aliphatic carbocycles. The van der Waals surface area contributed by atoms with Crippen LogP contribution in [-0.4, -0.2) is 51.4 Å². The van der Waals surface area contributed by atoms with Crippen molar-refractivity contribution in [3.8, 4) is 0 Å². The van der Waals surface area contributed by atoms with E-state index in [0.717, 1.165) is 98.5 Å². The summed E-state index contributed by atoms with van der Waals surface area (Å²) in [7, 11) is 1.44. The maximum atomic E-state index is 13.5. The van der Waals surface area contributed by atoms with Gasteiger partial charge in [-0.15, -0.1) is 0 Å². The molecule has 2 N–H and O–H groups in total. The van der Waals surface area contributed by atoms with Crippen molar-refractivity contribution in [2.24, 2.45) is 17.8 Å². The summed E-state index contributed by atoms with van der Waals surface area (Å²) in [6.07, 6.45) is 15.6. The lowest BCUT2D eigenvalue weighted by atomic mass is 9.84. The molecule has 3 aromatic heterocycles. The fourth-order valence-electron chi connectivity index (χ4n) is 10.6. The van der Waals surface area contributed by atoms with Gasteiger partial charge in [0.05, 0.1) is 24.2 Å². The number of carbonyl (C=O) groups excluding carboxylic acids is 3. The zero-order valence-electron chi connectivity index (χ0n) is 40.3. The fourth-order valence-corrected chi connectivity index (χ4v) is 10.6. The molecule has 5 heterocycles. The van der Waals surface area contributed by atoms with Gasteiger partial charge in [-0.2, -0.15) is 0 Å². The van der Waals surface area contributed by atoms with Crippen molar-refractivity contribution in [2.75, 3.05) is 13.7 Å². The van der Waals surface area contributed by atoms with Gasteiger partial charge in [0, 0.05) is 74.9 Å². The molecule has 0 aromatic carbocycles. The Bertz CT molecular complexity index is 2320. The van der Waals surface area contributed by atoms with Crippen LogP contribution in [0.1, 0.15) is 219 Å². The molecule has 0 saturated carbocycles. The number of hydrogen-bond donors (Lipinski definition) is 2. The van der Waals surface area contributed by atoms with Crippen LogP contribution < -0.4 is 0 Å². The number of rotatable bonds is 20. The zero-order chi connectivity index (χ0) is 45.5. The van der Waals surface area contributed by atoms with E-state index in [1.165, 1.54) is 57.6 Å². The third-order valence-electron chi connectivity index (χ3n) is 14.6. The summed E-state index contributed by atoms with van der Waals surface area (Å²) < 4.78 is 11.2. The quantitative estimate of drug-likeness (QED) is 0.0658. The Balaban J connectivity index is 1.20. The fraction of sp³-hybridized carbons (Fsp3) is 0.611. The van der Waals surface area contributed by atoms with E-state index in [1.54, 1.807) is 6.92 Å². The SMILES string of the molecule is CC[C@H]1c2cc3cc4c([nH]3)c(c3nc(cc5[nH]c(cc(n2)[C@@H]1C)c(C(C)=O)c5C)[C@@H](C)[C@@H]3CCC(=O)OC/C=C(\C)CCCC(C)CCCC(C)CCCC(C)C)[C@@H](C(=O)OC)C4. The molecular formula is C54H76N4O5. The number of Topliss-reactive ketones (excluding diaryl/α,β-unsaturated/α-hetero) is 1. The highest BCUT2D eigenvalue weighted by Crippen LogP contribution is 2.47. The first-order valence-electron chi connectivity index (χ1n) is 24.3. The highest BCUT2D eigenvalue weighted by molar-refractivity contribution is 6.04. The molecular weight excluding hydrogens is 785 g/mol. The monoisotopic (exact) mass is 861 g/mol. The van der Waals surface area contributed by atoms with Crippen LogP contribution in [0.4, 0.5) is 0 Å². The van der Waals surface area contributed by atoms with Crippen molar-refractivity contribution < 1.29 is 23.9 Å². The molecule has 9 nitrogen and oxygen atoms in total. The molecule has 0 saturated heterocycles. The van der Waals surface area contributed by atoms with Crippen molar-refractivity contribution in [2.45, 2.75) is 182 Å². The number of H-pyrrole nitrogens is 2. The molecule has 342 valence electrons. The summed E-state index contributed by atoms with van der Waals surface area (Å²) in [5.74, 6) is 1.40. The second kappa shape index (κ2) is 21.4. The Kier molecular flexibility index (Phi) is 16.3. The van der Waals surface area contributed by atoms with Crippen LogP contribution in [0.2, 0.25) is 0 Å². The molecule has 6 rings (SSSR count). The van der Waals surface area contributed by atoms with Gasteiger partial charge in [0.15, 0.2) is 5.78 Å². The third-order valence-corrected chi connectivity index (χ3v) is 14.6. The first kappa shape index (κ1) is 47.9. The van der Waals surface area contributed by atoms with Crippen LogP contribution in [0, 0.1) is 24.7 Å². The van der Waals surface area contributed by atoms with Gasteiger partial charge in [-0.05, 0) is 112 Å². The summed E-state index contributed by atoms with van der Waals surface area (Å²) in [4.78, 5) is 57.8. The largest absolute Gasteiger partial charge is 0.469 e. The van der Waals surface area contributed by atoms with E-state index in [0.29, 0.717) is 18.4 Å². The molecule has 63 heavy (non-hydrogen) atoms. The molecule has 0 radical (unpaired) electrons. The first-order chi connectivity index (χ1) is 30.1. The molecule has 3 aliphatic rings. The standard InChI is InChI=1S/C54H76N4O5/c1-12-41-35(7)44-30-48-50(38(10)59)37(9)46(57-48)29-45-36(8)42(53(58-45)51-43(54(61)62-11)27-39-26-40(55-52(39)51)28-47(41)56-44)22-23-49(60)63-25-24-34(6)21-15-20-33(5)19-14-18-32(4)17-13-16-31(2)3/h24,26,28-33,35-36,41-43,55,57H,12-23,25,27H2,1-11H3/b34-24+,40-28?,44-30?,45-29?,46-29?,47-28?,48-30?,53-51?/t32?,33?,35-,36+,41-,42+,43+/m1/s1. The third kappa shape index (κ3) is 11.4. The van der Waals surface area contributed by atoms with E-state index in [4.69, 9.17) is 19.4 Å². The first-order valence-corrected chi connectivity index (χ1v) is 24.3. The number of ether oxygens (including phenoxy) is 2. The lowest BCUT2D eigenvalue weighted by Crippen LogP contribution is -2.16. The zero-order valence-corrected chi connectivity index (χ0v) is 40.3. The maximum absolute atomic E-state index is 13.5. The van der Waals surface area contributed by atoms with E-state index in [1.807, 2.05) is 19.1 Å².